The molecule has 0 bridgehead atoms. The number of benzene rings is 1. The first-order valence-corrected chi connectivity index (χ1v) is 7.80. The second-order valence-electron chi connectivity index (χ2n) is 4.54. The first kappa shape index (κ1) is 14.6. The van der Waals surface area contributed by atoms with Crippen LogP contribution in [0.2, 0.25) is 0 Å². The van der Waals surface area contributed by atoms with Crippen LogP contribution in [0.4, 0.5) is 0 Å². The molecule has 22 heavy (non-hydrogen) atoms. The van der Waals surface area contributed by atoms with Crippen molar-refractivity contribution < 1.29 is 26.1 Å². The third-order valence-electron chi connectivity index (χ3n) is 3.01. The first-order valence-electron chi connectivity index (χ1n) is 6.46. The van der Waals surface area contributed by atoms with Crippen LogP contribution in [0, 0.1) is 0 Å². The highest BCUT2D eigenvalue weighted by Gasteiger charge is 2.10. The third-order valence-corrected chi connectivity index (χ3v) is 3.46. The number of oxazole rings is 1. The summed E-state index contributed by atoms with van der Waals surface area (Å²) in [4.78, 5) is 4.39. The average Bonchev–Trinajstić information content (AvgIpc) is 2.90. The van der Waals surface area contributed by atoms with Crippen LogP contribution in [0.3, 0.4) is 0 Å². The summed E-state index contributed by atoms with van der Waals surface area (Å²) in [7, 11) is -4.65. The van der Waals surface area contributed by atoms with Gasteiger partial charge in [-0.1, -0.05) is 12.1 Å². The fourth-order valence-electron chi connectivity index (χ4n) is 1.99. The minimum Gasteiger partial charge on any atom is -0.726 e. The van der Waals surface area contributed by atoms with E-state index in [9.17, 15) is 13.0 Å². The van der Waals surface area contributed by atoms with Crippen molar-refractivity contribution in [1.82, 2.24) is 4.98 Å². The van der Waals surface area contributed by atoms with Crippen molar-refractivity contribution in [3.8, 4) is 11.5 Å². The van der Waals surface area contributed by atoms with Gasteiger partial charge >= 0.3 is 0 Å². The van der Waals surface area contributed by atoms with Gasteiger partial charge in [0.2, 0.25) is 16.3 Å². The Balaban J connectivity index is 1.73. The van der Waals surface area contributed by atoms with Crippen molar-refractivity contribution in [2.24, 2.45) is 0 Å². The van der Waals surface area contributed by atoms with Crippen molar-refractivity contribution in [3.63, 3.8) is 0 Å². The second kappa shape index (κ2) is 5.84. The van der Waals surface area contributed by atoms with E-state index in [-0.39, 0.29) is 13.2 Å². The molecule has 3 aromatic rings. The normalized spacial score (nSPS) is 11.9. The minimum atomic E-state index is -4.65. The Labute approximate surface area is 126 Å². The Bertz CT molecular complexity index is 854. The molecule has 0 saturated heterocycles. The van der Waals surface area contributed by atoms with E-state index < -0.39 is 10.4 Å². The summed E-state index contributed by atoms with van der Waals surface area (Å²) in [5.41, 5.74) is 2.29. The van der Waals surface area contributed by atoms with Crippen LogP contribution in [0.1, 0.15) is 0 Å². The van der Waals surface area contributed by atoms with Gasteiger partial charge in [-0.3, -0.25) is 4.18 Å². The number of para-hydroxylation sites is 2. The third kappa shape index (κ3) is 3.48. The van der Waals surface area contributed by atoms with Crippen LogP contribution < -0.4 is 4.57 Å². The van der Waals surface area contributed by atoms with Crippen LogP contribution in [0.25, 0.3) is 22.6 Å². The van der Waals surface area contributed by atoms with Crippen LogP contribution in [-0.4, -0.2) is 24.6 Å². The quantitative estimate of drug-likeness (QED) is 0.399. The van der Waals surface area contributed by atoms with Gasteiger partial charge in [0.15, 0.2) is 24.5 Å². The van der Waals surface area contributed by atoms with Crippen molar-refractivity contribution >= 4 is 21.5 Å². The average molecular weight is 320 g/mol. The zero-order chi connectivity index (χ0) is 15.6. The van der Waals surface area contributed by atoms with Gasteiger partial charge in [0.25, 0.3) is 0 Å². The maximum Gasteiger partial charge on any atom is 0.227 e. The second-order valence-corrected chi connectivity index (χ2v) is 5.59. The van der Waals surface area contributed by atoms with Gasteiger partial charge in [0.1, 0.15) is 12.1 Å². The molecule has 2 heterocycles. The van der Waals surface area contributed by atoms with E-state index in [0.717, 1.165) is 11.1 Å². The van der Waals surface area contributed by atoms with Gasteiger partial charge in [0, 0.05) is 17.7 Å². The number of aromatic nitrogens is 2. The van der Waals surface area contributed by atoms with E-state index in [4.69, 9.17) is 4.42 Å². The molecule has 1 aromatic carbocycles. The molecular weight excluding hydrogens is 308 g/mol. The molecule has 0 spiro atoms. The van der Waals surface area contributed by atoms with E-state index in [1.807, 2.05) is 24.3 Å². The topological polar surface area (TPSA) is 96.3 Å². The Morgan fingerprint density at radius 3 is 2.59 bits per heavy atom. The van der Waals surface area contributed by atoms with Crippen molar-refractivity contribution in [3.05, 3.63) is 48.8 Å². The predicted molar refractivity (Wildman–Crippen MR) is 75.3 cm³/mol. The highest BCUT2D eigenvalue weighted by atomic mass is 32.3. The van der Waals surface area contributed by atoms with Gasteiger partial charge in [-0.25, -0.2) is 18.0 Å². The Morgan fingerprint density at radius 2 is 1.91 bits per heavy atom. The lowest BCUT2D eigenvalue weighted by atomic mass is 10.2. The van der Waals surface area contributed by atoms with Gasteiger partial charge in [-0.15, -0.1) is 0 Å². The number of pyridine rings is 1. The zero-order valence-corrected chi connectivity index (χ0v) is 12.2. The molecule has 0 fully saturated rings. The molecule has 2 aromatic heterocycles. The lowest BCUT2D eigenvalue weighted by Crippen LogP contribution is -2.35. The molecular formula is C14H12N2O5S. The number of fused-ring (bicyclic) bond motifs is 1. The molecule has 114 valence electrons. The number of nitrogens with zero attached hydrogens (tertiary/aromatic N) is 2. The Hall–Kier alpha value is -2.29. The molecule has 0 atom stereocenters. The zero-order valence-electron chi connectivity index (χ0n) is 11.4. The van der Waals surface area contributed by atoms with Crippen molar-refractivity contribution in [2.75, 3.05) is 6.61 Å². The van der Waals surface area contributed by atoms with Gasteiger partial charge in [-0.2, -0.15) is 0 Å². The molecule has 0 saturated carbocycles. The molecule has 8 heteroatoms. The van der Waals surface area contributed by atoms with E-state index >= 15 is 0 Å². The summed E-state index contributed by atoms with van der Waals surface area (Å²) < 4.78 is 42.5. The van der Waals surface area contributed by atoms with Crippen molar-refractivity contribution in [2.45, 2.75) is 6.54 Å². The summed E-state index contributed by atoms with van der Waals surface area (Å²) in [6.07, 6.45) is 3.45. The fourth-order valence-corrected chi connectivity index (χ4v) is 2.27. The Kier molecular flexibility index (Phi) is 3.88. The maximum atomic E-state index is 10.3. The molecule has 0 amide bonds. The van der Waals surface area contributed by atoms with Gasteiger partial charge in [-0.05, 0) is 12.1 Å². The maximum absolute atomic E-state index is 10.3. The van der Waals surface area contributed by atoms with Gasteiger partial charge in [0.05, 0.1) is 0 Å². The van der Waals surface area contributed by atoms with Crippen LogP contribution in [-0.2, 0) is 21.1 Å². The first-order chi connectivity index (χ1) is 10.5. The minimum absolute atomic E-state index is 0.210. The smallest absolute Gasteiger partial charge is 0.227 e. The predicted octanol–water partition coefficient (Wildman–Crippen LogP) is 1.26. The van der Waals surface area contributed by atoms with Crippen LogP contribution in [0.5, 0.6) is 0 Å². The molecule has 0 aliphatic rings. The van der Waals surface area contributed by atoms with Crippen LogP contribution >= 0.6 is 0 Å². The van der Waals surface area contributed by atoms with E-state index in [1.54, 1.807) is 29.1 Å². The summed E-state index contributed by atoms with van der Waals surface area (Å²) in [5, 5.41) is 0. The fraction of sp³-hybridized carbons (Fsp3) is 0.143. The lowest BCUT2D eigenvalue weighted by Gasteiger charge is -2.05. The molecule has 0 aliphatic heterocycles. The summed E-state index contributed by atoms with van der Waals surface area (Å²) in [5.74, 6) is 0.506. The van der Waals surface area contributed by atoms with Gasteiger partial charge < -0.3 is 8.97 Å². The monoisotopic (exact) mass is 320 g/mol. The molecule has 0 N–H and O–H groups in total. The largest absolute Gasteiger partial charge is 0.726 e. The number of hydrogen-bond donors (Lipinski definition) is 0. The van der Waals surface area contributed by atoms with Crippen molar-refractivity contribution in [1.29, 1.82) is 0 Å². The molecule has 0 radical (unpaired) electrons. The summed E-state index contributed by atoms with van der Waals surface area (Å²) >= 11 is 0. The standard InChI is InChI=1S/C14H12N2O5S/c17-22(18,19)20-10-9-16-7-5-11(6-8-16)14-15-12-3-1-2-4-13(12)21-14/h1-8H,9-10H2. The highest BCUT2D eigenvalue weighted by Crippen LogP contribution is 2.22. The lowest BCUT2D eigenvalue weighted by molar-refractivity contribution is -0.697. The molecule has 0 unspecified atom stereocenters. The summed E-state index contributed by atoms with van der Waals surface area (Å²) in [6.45, 7) is 0.0358. The highest BCUT2D eigenvalue weighted by molar-refractivity contribution is 7.80. The molecule has 7 nitrogen and oxygen atoms in total. The van der Waals surface area contributed by atoms with E-state index in [0.29, 0.717) is 11.5 Å². The number of hydrogen-bond acceptors (Lipinski definition) is 6. The molecule has 3 rings (SSSR count). The Morgan fingerprint density at radius 1 is 1.18 bits per heavy atom. The molecule has 0 aliphatic carbocycles. The van der Waals surface area contributed by atoms with Crippen LogP contribution in [0.15, 0.2) is 53.2 Å². The van der Waals surface area contributed by atoms with E-state index in [1.165, 1.54) is 0 Å². The summed E-state index contributed by atoms with van der Waals surface area (Å²) in [6, 6.07) is 11.0. The number of rotatable bonds is 5. The van der Waals surface area contributed by atoms with E-state index in [2.05, 4.69) is 9.17 Å². The SMILES string of the molecule is O=S(=O)([O-])OCC[n+]1ccc(-c2nc3ccccc3o2)cc1.